The van der Waals surface area contributed by atoms with Crippen molar-refractivity contribution in [2.75, 3.05) is 4.72 Å². The second kappa shape index (κ2) is 8.42. The van der Waals surface area contributed by atoms with Crippen molar-refractivity contribution in [1.29, 1.82) is 0 Å². The molecule has 2 rings (SSSR count). The van der Waals surface area contributed by atoms with Crippen molar-refractivity contribution in [3.63, 3.8) is 0 Å². The van der Waals surface area contributed by atoms with E-state index in [1.165, 1.54) is 6.07 Å². The minimum absolute atomic E-state index is 0.0498. The molecule has 164 valence electrons. The predicted molar refractivity (Wildman–Crippen MR) is 124 cm³/mol. The Morgan fingerprint density at radius 3 is 2.17 bits per heavy atom. The molecule has 0 spiro atoms. The van der Waals surface area contributed by atoms with Crippen molar-refractivity contribution in [2.24, 2.45) is 5.41 Å². The standard InChI is InChI=1S/C24H34N2O3S/c1-16-10-9-11-20(18(16)3)26-30(28,29)21-14-19(13-12-17(21)2)22(27)25-24(7,8)15-23(4,5)6/h9-14,26H,15H2,1-8H3,(H,25,27). The molecular formula is C24H34N2O3S. The van der Waals surface area contributed by atoms with E-state index in [0.717, 1.165) is 17.5 Å². The van der Waals surface area contributed by atoms with Crippen LogP contribution in [0.2, 0.25) is 0 Å². The van der Waals surface area contributed by atoms with Crippen LogP contribution in [-0.2, 0) is 10.0 Å². The normalized spacial score (nSPS) is 12.5. The minimum atomic E-state index is -3.84. The van der Waals surface area contributed by atoms with Gasteiger partial charge in [0.2, 0.25) is 0 Å². The van der Waals surface area contributed by atoms with Crippen molar-refractivity contribution in [3.8, 4) is 0 Å². The number of sulfonamides is 1. The number of aryl methyl sites for hydroxylation is 2. The molecular weight excluding hydrogens is 396 g/mol. The fraction of sp³-hybridized carbons (Fsp3) is 0.458. The lowest BCUT2D eigenvalue weighted by Crippen LogP contribution is -2.45. The Hall–Kier alpha value is -2.34. The van der Waals surface area contributed by atoms with Crippen molar-refractivity contribution >= 4 is 21.6 Å². The summed E-state index contributed by atoms with van der Waals surface area (Å²) in [6.45, 7) is 15.9. The molecule has 0 heterocycles. The largest absolute Gasteiger partial charge is 0.347 e. The van der Waals surface area contributed by atoms with Gasteiger partial charge in [-0.05, 0) is 81.3 Å². The zero-order valence-corrected chi connectivity index (χ0v) is 20.1. The Bertz CT molecular complexity index is 1050. The maximum atomic E-state index is 13.1. The smallest absolute Gasteiger partial charge is 0.262 e. The van der Waals surface area contributed by atoms with Crippen molar-refractivity contribution in [3.05, 3.63) is 58.7 Å². The number of rotatable bonds is 6. The van der Waals surface area contributed by atoms with E-state index >= 15 is 0 Å². The molecule has 6 heteroatoms. The van der Waals surface area contributed by atoms with Crippen LogP contribution in [0.4, 0.5) is 5.69 Å². The Morgan fingerprint density at radius 2 is 1.57 bits per heavy atom. The highest BCUT2D eigenvalue weighted by atomic mass is 32.2. The Kier molecular flexibility index (Phi) is 6.72. The van der Waals surface area contributed by atoms with E-state index in [2.05, 4.69) is 30.8 Å². The number of hydrogen-bond acceptors (Lipinski definition) is 3. The Labute approximate surface area is 181 Å². The first kappa shape index (κ1) is 23.9. The average Bonchev–Trinajstić information content (AvgIpc) is 2.56. The van der Waals surface area contributed by atoms with Crippen LogP contribution in [0.1, 0.15) is 68.1 Å². The van der Waals surface area contributed by atoms with Gasteiger partial charge in [-0.1, -0.05) is 39.0 Å². The first-order valence-electron chi connectivity index (χ1n) is 10.1. The summed E-state index contributed by atoms with van der Waals surface area (Å²) in [7, 11) is -3.84. The number of anilines is 1. The maximum absolute atomic E-state index is 13.1. The lowest BCUT2D eigenvalue weighted by molar-refractivity contribution is 0.0891. The monoisotopic (exact) mass is 430 g/mol. The minimum Gasteiger partial charge on any atom is -0.347 e. The summed E-state index contributed by atoms with van der Waals surface area (Å²) in [4.78, 5) is 13.0. The average molecular weight is 431 g/mol. The van der Waals surface area contributed by atoms with E-state index in [9.17, 15) is 13.2 Å². The van der Waals surface area contributed by atoms with E-state index < -0.39 is 15.6 Å². The number of nitrogens with one attached hydrogen (secondary N) is 2. The van der Waals surface area contributed by atoms with Crippen LogP contribution < -0.4 is 10.0 Å². The van der Waals surface area contributed by atoms with Crippen molar-refractivity contribution < 1.29 is 13.2 Å². The molecule has 0 aliphatic heterocycles. The molecule has 0 radical (unpaired) electrons. The molecule has 0 saturated carbocycles. The van der Waals surface area contributed by atoms with Crippen LogP contribution in [0.3, 0.4) is 0 Å². The highest BCUT2D eigenvalue weighted by Gasteiger charge is 2.28. The molecule has 0 bridgehead atoms. The van der Waals surface area contributed by atoms with Crippen LogP contribution in [0, 0.1) is 26.2 Å². The number of carbonyl (C=O) groups excluding carboxylic acids is 1. The van der Waals surface area contributed by atoms with Crippen LogP contribution >= 0.6 is 0 Å². The van der Waals surface area contributed by atoms with Gasteiger partial charge >= 0.3 is 0 Å². The lowest BCUT2D eigenvalue weighted by Gasteiger charge is -2.33. The number of carbonyl (C=O) groups is 1. The van der Waals surface area contributed by atoms with Gasteiger partial charge in [0.25, 0.3) is 15.9 Å². The zero-order chi connectivity index (χ0) is 22.9. The summed E-state index contributed by atoms with van der Waals surface area (Å²) >= 11 is 0. The van der Waals surface area contributed by atoms with Gasteiger partial charge in [-0.25, -0.2) is 8.42 Å². The molecule has 5 nitrogen and oxygen atoms in total. The zero-order valence-electron chi connectivity index (χ0n) is 19.3. The Morgan fingerprint density at radius 1 is 0.933 bits per heavy atom. The van der Waals surface area contributed by atoms with Gasteiger partial charge in [0, 0.05) is 11.1 Å². The highest BCUT2D eigenvalue weighted by molar-refractivity contribution is 7.92. The molecule has 0 saturated heterocycles. The molecule has 2 N–H and O–H groups in total. The summed E-state index contributed by atoms with van der Waals surface area (Å²) in [5.41, 5.74) is 2.94. The van der Waals surface area contributed by atoms with E-state index in [4.69, 9.17) is 0 Å². The molecule has 30 heavy (non-hydrogen) atoms. The molecule has 0 unspecified atom stereocenters. The van der Waals surface area contributed by atoms with Gasteiger partial charge in [0.15, 0.2) is 0 Å². The third-order valence-corrected chi connectivity index (χ3v) is 6.52. The first-order valence-corrected chi connectivity index (χ1v) is 11.6. The molecule has 0 aromatic heterocycles. The highest BCUT2D eigenvalue weighted by Crippen LogP contribution is 2.28. The molecule has 0 aliphatic carbocycles. The van der Waals surface area contributed by atoms with Gasteiger partial charge in [-0.3, -0.25) is 9.52 Å². The molecule has 2 aromatic carbocycles. The second-order valence-electron chi connectivity index (χ2n) is 9.91. The molecule has 0 atom stereocenters. The number of benzene rings is 2. The molecule has 1 amide bonds. The fourth-order valence-electron chi connectivity index (χ4n) is 3.84. The summed E-state index contributed by atoms with van der Waals surface area (Å²) in [6.07, 6.45) is 0.789. The topological polar surface area (TPSA) is 75.3 Å². The van der Waals surface area contributed by atoms with E-state index in [1.807, 2.05) is 39.8 Å². The summed E-state index contributed by atoms with van der Waals surface area (Å²) in [6, 6.07) is 10.3. The third kappa shape index (κ3) is 6.08. The Balaban J connectivity index is 2.34. The number of amides is 1. The van der Waals surface area contributed by atoms with Gasteiger partial charge in [0.05, 0.1) is 10.6 Å². The molecule has 2 aromatic rings. The van der Waals surface area contributed by atoms with Gasteiger partial charge in [-0.15, -0.1) is 0 Å². The SMILES string of the molecule is Cc1ccc(C(=O)NC(C)(C)CC(C)(C)C)cc1S(=O)(=O)Nc1cccc(C)c1C. The van der Waals surface area contributed by atoms with Gasteiger partial charge in [0.1, 0.15) is 0 Å². The van der Waals surface area contributed by atoms with E-state index in [1.54, 1.807) is 25.1 Å². The quantitative estimate of drug-likeness (QED) is 0.648. The maximum Gasteiger partial charge on any atom is 0.262 e. The lowest BCUT2D eigenvalue weighted by atomic mass is 9.81. The molecule has 0 fully saturated rings. The van der Waals surface area contributed by atoms with E-state index in [-0.39, 0.29) is 16.2 Å². The van der Waals surface area contributed by atoms with Crippen LogP contribution in [0.15, 0.2) is 41.3 Å². The van der Waals surface area contributed by atoms with Crippen molar-refractivity contribution in [1.82, 2.24) is 5.32 Å². The third-order valence-electron chi connectivity index (χ3n) is 5.01. The van der Waals surface area contributed by atoms with Gasteiger partial charge < -0.3 is 5.32 Å². The van der Waals surface area contributed by atoms with Gasteiger partial charge in [-0.2, -0.15) is 0 Å². The first-order chi connectivity index (χ1) is 13.6. The summed E-state index contributed by atoms with van der Waals surface area (Å²) in [5, 5.41) is 3.04. The van der Waals surface area contributed by atoms with Crippen LogP contribution in [0.5, 0.6) is 0 Å². The van der Waals surface area contributed by atoms with Crippen LogP contribution in [-0.4, -0.2) is 19.9 Å². The predicted octanol–water partition coefficient (Wildman–Crippen LogP) is 5.36. The summed E-state index contributed by atoms with van der Waals surface area (Å²) in [5.74, 6) is -0.285. The number of hydrogen-bond donors (Lipinski definition) is 2. The fourth-order valence-corrected chi connectivity index (χ4v) is 5.24. The summed E-state index contributed by atoms with van der Waals surface area (Å²) < 4.78 is 28.9. The van der Waals surface area contributed by atoms with Crippen molar-refractivity contribution in [2.45, 2.75) is 72.2 Å². The van der Waals surface area contributed by atoms with E-state index in [0.29, 0.717) is 16.8 Å². The second-order valence-corrected chi connectivity index (χ2v) is 11.6. The van der Waals surface area contributed by atoms with Crippen LogP contribution in [0.25, 0.3) is 0 Å². The molecule has 0 aliphatic rings.